The Balaban J connectivity index is 1.62. The summed E-state index contributed by atoms with van der Waals surface area (Å²) in [6, 6.07) is 18.0. The maximum absolute atomic E-state index is 5.65. The van der Waals surface area contributed by atoms with Crippen LogP contribution in [0.3, 0.4) is 0 Å². The summed E-state index contributed by atoms with van der Waals surface area (Å²) in [4.78, 5) is 11.4. The molecular weight excluding hydrogens is 340 g/mol. The van der Waals surface area contributed by atoms with Crippen molar-refractivity contribution in [3.63, 3.8) is 0 Å². The van der Waals surface area contributed by atoms with Crippen molar-refractivity contribution in [1.29, 1.82) is 0 Å². The highest BCUT2D eigenvalue weighted by Crippen LogP contribution is 2.33. The van der Waals surface area contributed by atoms with Crippen LogP contribution in [0.5, 0.6) is 11.5 Å². The predicted octanol–water partition coefficient (Wildman–Crippen LogP) is 4.46. The molecule has 0 unspecified atom stereocenters. The summed E-state index contributed by atoms with van der Waals surface area (Å²) in [5.74, 6) is 2.91. The zero-order chi connectivity index (χ0) is 18.6. The summed E-state index contributed by atoms with van der Waals surface area (Å²) in [5, 5.41) is 3.28. The highest BCUT2D eigenvalue weighted by Gasteiger charge is 2.14. The van der Waals surface area contributed by atoms with Crippen LogP contribution in [0, 0.1) is 6.92 Å². The number of anilines is 4. The monoisotopic (exact) mass is 362 g/mol. The molecule has 0 amide bonds. The SMILES string of the molecule is CCN(c1ccccc1)c1cc(C)nc(Nc2ccc3c(c2)OCCO3)n1. The van der Waals surface area contributed by atoms with Crippen molar-refractivity contribution >= 4 is 23.1 Å². The van der Waals surface area contributed by atoms with E-state index in [9.17, 15) is 0 Å². The molecule has 0 bridgehead atoms. The van der Waals surface area contributed by atoms with Crippen LogP contribution in [0.4, 0.5) is 23.1 Å². The first-order chi connectivity index (χ1) is 13.2. The fraction of sp³-hybridized carbons (Fsp3) is 0.238. The van der Waals surface area contributed by atoms with Crippen molar-refractivity contribution in [3.05, 3.63) is 60.3 Å². The molecule has 6 nitrogen and oxygen atoms in total. The van der Waals surface area contributed by atoms with E-state index in [1.165, 1.54) is 0 Å². The summed E-state index contributed by atoms with van der Waals surface area (Å²) in [7, 11) is 0. The summed E-state index contributed by atoms with van der Waals surface area (Å²) in [5.41, 5.74) is 2.86. The highest BCUT2D eigenvalue weighted by molar-refractivity contribution is 5.64. The van der Waals surface area contributed by atoms with E-state index in [0.717, 1.165) is 40.9 Å². The molecule has 0 radical (unpaired) electrons. The molecule has 4 rings (SSSR count). The lowest BCUT2D eigenvalue weighted by molar-refractivity contribution is 0.171. The molecular formula is C21H22N4O2. The topological polar surface area (TPSA) is 59.5 Å². The quantitative estimate of drug-likeness (QED) is 0.723. The van der Waals surface area contributed by atoms with Gasteiger partial charge in [0.1, 0.15) is 19.0 Å². The number of benzene rings is 2. The number of para-hydroxylation sites is 1. The van der Waals surface area contributed by atoms with Crippen molar-refractivity contribution in [1.82, 2.24) is 9.97 Å². The average molecular weight is 362 g/mol. The van der Waals surface area contributed by atoms with Gasteiger partial charge in [-0.1, -0.05) is 18.2 Å². The molecule has 6 heteroatoms. The molecule has 2 heterocycles. The fourth-order valence-corrected chi connectivity index (χ4v) is 3.08. The first-order valence-corrected chi connectivity index (χ1v) is 9.08. The number of hydrogen-bond donors (Lipinski definition) is 1. The molecule has 138 valence electrons. The predicted molar refractivity (Wildman–Crippen MR) is 107 cm³/mol. The summed E-state index contributed by atoms with van der Waals surface area (Å²) >= 11 is 0. The Labute approximate surface area is 158 Å². The van der Waals surface area contributed by atoms with Crippen LogP contribution in [0.25, 0.3) is 0 Å². The normalized spacial score (nSPS) is 12.5. The number of aromatic nitrogens is 2. The van der Waals surface area contributed by atoms with Crippen LogP contribution in [-0.2, 0) is 0 Å². The van der Waals surface area contributed by atoms with E-state index in [1.54, 1.807) is 0 Å². The standard InChI is InChI=1S/C21H22N4O2/c1-3-25(17-7-5-4-6-8-17)20-13-15(2)22-21(24-20)23-16-9-10-18-19(14-16)27-12-11-26-18/h4-10,13-14H,3,11-12H2,1-2H3,(H,22,23,24). The minimum atomic E-state index is 0.552. The summed E-state index contributed by atoms with van der Waals surface area (Å²) in [6.07, 6.45) is 0. The third-order valence-corrected chi connectivity index (χ3v) is 4.30. The maximum atomic E-state index is 5.65. The number of fused-ring (bicyclic) bond motifs is 1. The number of rotatable bonds is 5. The minimum Gasteiger partial charge on any atom is -0.486 e. The molecule has 1 aromatic heterocycles. The number of hydrogen-bond acceptors (Lipinski definition) is 6. The third-order valence-electron chi connectivity index (χ3n) is 4.30. The Kier molecular flexibility index (Phi) is 4.78. The molecule has 27 heavy (non-hydrogen) atoms. The summed E-state index contributed by atoms with van der Waals surface area (Å²) in [6.45, 7) is 6.03. The number of aryl methyl sites for hydroxylation is 1. The van der Waals surface area contributed by atoms with Gasteiger partial charge in [-0.15, -0.1) is 0 Å². The third kappa shape index (κ3) is 3.79. The van der Waals surface area contributed by atoms with Crippen molar-refractivity contribution in [2.45, 2.75) is 13.8 Å². The molecule has 0 aliphatic carbocycles. The number of ether oxygens (including phenoxy) is 2. The largest absolute Gasteiger partial charge is 0.486 e. The van der Waals surface area contributed by atoms with E-state index < -0.39 is 0 Å². The zero-order valence-electron chi connectivity index (χ0n) is 15.5. The van der Waals surface area contributed by atoms with Crippen LogP contribution in [-0.4, -0.2) is 29.7 Å². The van der Waals surface area contributed by atoms with Crippen LogP contribution in [0.1, 0.15) is 12.6 Å². The number of nitrogens with zero attached hydrogens (tertiary/aromatic N) is 3. The van der Waals surface area contributed by atoms with Crippen LogP contribution >= 0.6 is 0 Å². The van der Waals surface area contributed by atoms with Gasteiger partial charge >= 0.3 is 0 Å². The van der Waals surface area contributed by atoms with Crippen LogP contribution < -0.4 is 19.7 Å². The van der Waals surface area contributed by atoms with E-state index in [-0.39, 0.29) is 0 Å². The Hall–Kier alpha value is -3.28. The first kappa shape index (κ1) is 17.1. The minimum absolute atomic E-state index is 0.552. The van der Waals surface area contributed by atoms with Gasteiger partial charge in [0, 0.05) is 35.7 Å². The van der Waals surface area contributed by atoms with Crippen LogP contribution in [0.2, 0.25) is 0 Å². The average Bonchev–Trinajstić information content (AvgIpc) is 2.69. The second kappa shape index (κ2) is 7.53. The van der Waals surface area contributed by atoms with E-state index in [1.807, 2.05) is 49.4 Å². The lowest BCUT2D eigenvalue weighted by Gasteiger charge is -2.23. The molecule has 0 atom stereocenters. The molecule has 0 saturated carbocycles. The molecule has 1 aliphatic heterocycles. The molecule has 0 saturated heterocycles. The zero-order valence-corrected chi connectivity index (χ0v) is 15.5. The first-order valence-electron chi connectivity index (χ1n) is 9.08. The molecule has 0 fully saturated rings. The Morgan fingerprint density at radius 3 is 2.52 bits per heavy atom. The van der Waals surface area contributed by atoms with Gasteiger partial charge in [-0.25, -0.2) is 4.98 Å². The molecule has 3 aromatic rings. The van der Waals surface area contributed by atoms with Gasteiger partial charge in [-0.2, -0.15) is 4.98 Å². The number of nitrogens with one attached hydrogen (secondary N) is 1. The highest BCUT2D eigenvalue weighted by atomic mass is 16.6. The van der Waals surface area contributed by atoms with Gasteiger partial charge < -0.3 is 19.7 Å². The molecule has 1 aliphatic rings. The fourth-order valence-electron chi connectivity index (χ4n) is 3.08. The van der Waals surface area contributed by atoms with Gasteiger partial charge in [0.05, 0.1) is 0 Å². The second-order valence-corrected chi connectivity index (χ2v) is 6.25. The molecule has 0 spiro atoms. The van der Waals surface area contributed by atoms with E-state index in [2.05, 4.69) is 34.3 Å². The van der Waals surface area contributed by atoms with Gasteiger partial charge in [0.15, 0.2) is 11.5 Å². The van der Waals surface area contributed by atoms with E-state index in [0.29, 0.717) is 19.2 Å². The van der Waals surface area contributed by atoms with Gasteiger partial charge in [0.25, 0.3) is 0 Å². The van der Waals surface area contributed by atoms with Gasteiger partial charge in [-0.05, 0) is 38.1 Å². The van der Waals surface area contributed by atoms with Crippen molar-refractivity contribution < 1.29 is 9.47 Å². The Bertz CT molecular complexity index is 931. The van der Waals surface area contributed by atoms with Crippen molar-refractivity contribution in [2.75, 3.05) is 30.0 Å². The van der Waals surface area contributed by atoms with Crippen molar-refractivity contribution in [3.8, 4) is 11.5 Å². The van der Waals surface area contributed by atoms with Gasteiger partial charge in [0.2, 0.25) is 5.95 Å². The second-order valence-electron chi connectivity index (χ2n) is 6.25. The Morgan fingerprint density at radius 1 is 0.963 bits per heavy atom. The molecule has 1 N–H and O–H groups in total. The van der Waals surface area contributed by atoms with Gasteiger partial charge in [-0.3, -0.25) is 0 Å². The molecule has 2 aromatic carbocycles. The van der Waals surface area contributed by atoms with Crippen LogP contribution in [0.15, 0.2) is 54.6 Å². The van der Waals surface area contributed by atoms with Crippen molar-refractivity contribution in [2.24, 2.45) is 0 Å². The smallest absolute Gasteiger partial charge is 0.229 e. The Morgan fingerprint density at radius 2 is 1.74 bits per heavy atom. The van der Waals surface area contributed by atoms with E-state index >= 15 is 0 Å². The maximum Gasteiger partial charge on any atom is 0.229 e. The summed E-state index contributed by atoms with van der Waals surface area (Å²) < 4.78 is 11.2. The van der Waals surface area contributed by atoms with E-state index in [4.69, 9.17) is 14.5 Å². The lowest BCUT2D eigenvalue weighted by Crippen LogP contribution is -2.18. The lowest BCUT2D eigenvalue weighted by atomic mass is 10.2.